The van der Waals surface area contributed by atoms with Gasteiger partial charge in [0.1, 0.15) is 18.5 Å². The first-order valence-corrected chi connectivity index (χ1v) is 14.1. The fourth-order valence-corrected chi connectivity index (χ4v) is 5.69. The molecule has 1 aliphatic rings. The highest BCUT2D eigenvalue weighted by Gasteiger charge is 2.38. The average molecular weight is 581 g/mol. The third-order valence-electron chi connectivity index (χ3n) is 7.75. The molecular weight excluding hydrogens is 556 g/mol. The Balaban J connectivity index is 1.33. The first-order chi connectivity index (χ1) is 21.7. The van der Waals surface area contributed by atoms with Crippen LogP contribution >= 0.6 is 0 Å². The van der Waals surface area contributed by atoms with E-state index in [-0.39, 0.29) is 0 Å². The summed E-state index contributed by atoms with van der Waals surface area (Å²) in [5.74, 6) is 1.69. The predicted molar refractivity (Wildman–Crippen MR) is 163 cm³/mol. The van der Waals surface area contributed by atoms with Crippen molar-refractivity contribution < 1.29 is 18.6 Å². The van der Waals surface area contributed by atoms with Crippen LogP contribution in [-0.2, 0) is 6.61 Å². The maximum atomic E-state index is 13.7. The van der Waals surface area contributed by atoms with Gasteiger partial charge in [-0.1, -0.05) is 78.9 Å². The van der Waals surface area contributed by atoms with Crippen molar-refractivity contribution in [1.82, 2.24) is 19.6 Å². The summed E-state index contributed by atoms with van der Waals surface area (Å²) in [5, 5.41) is 5.36. The number of nitrogens with zero attached hydrogens (tertiary/aromatic N) is 4. The summed E-state index contributed by atoms with van der Waals surface area (Å²) in [6, 6.07) is 32.5. The van der Waals surface area contributed by atoms with Gasteiger partial charge >= 0.3 is 5.63 Å². The van der Waals surface area contributed by atoms with Crippen LogP contribution in [0.25, 0.3) is 28.0 Å². The lowest BCUT2D eigenvalue weighted by molar-refractivity contribution is 0.284. The van der Waals surface area contributed by atoms with Crippen LogP contribution < -0.4 is 19.8 Å². The minimum atomic E-state index is -0.657. The second-order valence-electron chi connectivity index (χ2n) is 10.4. The molecule has 0 radical (unpaired) electrons. The number of rotatable bonds is 6. The van der Waals surface area contributed by atoms with E-state index in [0.29, 0.717) is 63.3 Å². The van der Waals surface area contributed by atoms with E-state index in [1.165, 1.54) is 0 Å². The fourth-order valence-electron chi connectivity index (χ4n) is 5.69. The van der Waals surface area contributed by atoms with Gasteiger partial charge in [-0.2, -0.15) is 0 Å². The van der Waals surface area contributed by atoms with Gasteiger partial charge in [0.15, 0.2) is 28.7 Å². The molecule has 0 fully saturated rings. The molecule has 0 saturated heterocycles. The Hall–Kier alpha value is -5.96. The lowest BCUT2D eigenvalue weighted by Gasteiger charge is -2.27. The predicted octanol–water partition coefficient (Wildman–Crippen LogP) is 6.77. The molecule has 7 aromatic rings. The van der Waals surface area contributed by atoms with Gasteiger partial charge < -0.3 is 18.6 Å². The van der Waals surface area contributed by atoms with Crippen LogP contribution in [0.2, 0.25) is 0 Å². The highest BCUT2D eigenvalue weighted by atomic mass is 16.5. The largest absolute Gasteiger partial charge is 0.493 e. The third-order valence-corrected chi connectivity index (χ3v) is 7.75. The van der Waals surface area contributed by atoms with Crippen LogP contribution in [0.15, 0.2) is 119 Å². The molecule has 1 atom stereocenters. The van der Waals surface area contributed by atoms with Crippen LogP contribution in [0.1, 0.15) is 28.2 Å². The Labute approximate surface area is 250 Å². The van der Waals surface area contributed by atoms with E-state index < -0.39 is 11.5 Å². The summed E-state index contributed by atoms with van der Waals surface area (Å²) >= 11 is 0. The van der Waals surface area contributed by atoms with Crippen molar-refractivity contribution >= 4 is 16.6 Å². The van der Waals surface area contributed by atoms with Crippen molar-refractivity contribution in [3.63, 3.8) is 0 Å². The van der Waals surface area contributed by atoms with Crippen molar-refractivity contribution in [3.8, 4) is 34.5 Å². The van der Waals surface area contributed by atoms with Crippen LogP contribution in [0.3, 0.4) is 0 Å². The topological polar surface area (TPSA) is 101 Å². The maximum absolute atomic E-state index is 13.7. The molecule has 0 bridgehead atoms. The lowest BCUT2D eigenvalue weighted by Crippen LogP contribution is -2.22. The highest BCUT2D eigenvalue weighted by Crippen LogP contribution is 2.49. The van der Waals surface area contributed by atoms with E-state index in [1.807, 2.05) is 97.1 Å². The molecule has 0 spiro atoms. The summed E-state index contributed by atoms with van der Waals surface area (Å²) in [6.45, 7) is 0.377. The molecule has 9 heteroatoms. The van der Waals surface area contributed by atoms with Gasteiger partial charge in [-0.15, -0.1) is 5.10 Å². The zero-order valence-electron chi connectivity index (χ0n) is 23.5. The van der Waals surface area contributed by atoms with Gasteiger partial charge in [0, 0.05) is 5.56 Å². The van der Waals surface area contributed by atoms with Crippen LogP contribution in [0, 0.1) is 0 Å². The van der Waals surface area contributed by atoms with Crippen LogP contribution in [0.5, 0.6) is 23.1 Å². The summed E-state index contributed by atoms with van der Waals surface area (Å²) < 4.78 is 25.8. The quantitative estimate of drug-likeness (QED) is 0.199. The van der Waals surface area contributed by atoms with Crippen molar-refractivity contribution in [2.45, 2.75) is 12.5 Å². The van der Waals surface area contributed by atoms with Crippen molar-refractivity contribution in [1.29, 1.82) is 0 Å². The Kier molecular flexibility index (Phi) is 6.08. The van der Waals surface area contributed by atoms with E-state index in [0.717, 1.165) is 16.7 Å². The monoisotopic (exact) mass is 580 g/mol. The normalized spacial score (nSPS) is 13.7. The molecule has 0 N–H and O–H groups in total. The Morgan fingerprint density at radius 1 is 0.864 bits per heavy atom. The summed E-state index contributed by atoms with van der Waals surface area (Å²) in [7, 11) is 1.59. The van der Waals surface area contributed by atoms with Crippen LogP contribution in [0.4, 0.5) is 0 Å². The first kappa shape index (κ1) is 25.7. The SMILES string of the molecule is COc1cc(C2c3c(c4ccccc4oc3=O)Oc3ncn4nc(-c5ccccc5)nc4c32)ccc1OCc1ccccc1. The molecule has 9 nitrogen and oxygen atoms in total. The fraction of sp³-hybridized carbons (Fsp3) is 0.0857. The highest BCUT2D eigenvalue weighted by molar-refractivity contribution is 5.87. The van der Waals surface area contributed by atoms with Gasteiger partial charge in [-0.25, -0.2) is 19.3 Å². The second-order valence-corrected chi connectivity index (χ2v) is 10.4. The number of aromatic nitrogens is 4. The molecule has 0 aliphatic carbocycles. The zero-order chi connectivity index (χ0) is 29.6. The van der Waals surface area contributed by atoms with E-state index in [4.69, 9.17) is 23.6 Å². The molecule has 4 aromatic carbocycles. The van der Waals surface area contributed by atoms with Crippen molar-refractivity contribution in [2.24, 2.45) is 0 Å². The summed E-state index contributed by atoms with van der Waals surface area (Å²) in [5.41, 5.74) is 4.00. The molecular formula is C35H24N4O5. The molecule has 4 heterocycles. The smallest absolute Gasteiger partial charge is 0.344 e. The molecule has 0 amide bonds. The van der Waals surface area contributed by atoms with Gasteiger partial charge in [-0.3, -0.25) is 0 Å². The molecule has 214 valence electrons. The van der Waals surface area contributed by atoms with Crippen molar-refractivity contribution in [2.75, 3.05) is 7.11 Å². The van der Waals surface area contributed by atoms with E-state index in [9.17, 15) is 4.79 Å². The average Bonchev–Trinajstić information content (AvgIpc) is 3.52. The molecule has 1 unspecified atom stereocenters. The number of fused-ring (bicyclic) bond motifs is 6. The third kappa shape index (κ3) is 4.25. The number of methoxy groups -OCH3 is 1. The van der Waals surface area contributed by atoms with E-state index in [2.05, 4.69) is 10.1 Å². The van der Waals surface area contributed by atoms with Gasteiger partial charge in [0.05, 0.1) is 29.5 Å². The Morgan fingerprint density at radius 3 is 2.45 bits per heavy atom. The van der Waals surface area contributed by atoms with Crippen molar-refractivity contribution in [3.05, 3.63) is 142 Å². The molecule has 1 aliphatic heterocycles. The van der Waals surface area contributed by atoms with E-state index in [1.54, 1.807) is 24.0 Å². The van der Waals surface area contributed by atoms with E-state index >= 15 is 0 Å². The van der Waals surface area contributed by atoms with Gasteiger partial charge in [0.2, 0.25) is 5.88 Å². The molecule has 44 heavy (non-hydrogen) atoms. The molecule has 0 saturated carbocycles. The standard InChI is InChI=1S/C35H24N4O5/c1-41-27-18-23(16-17-26(27)42-19-21-10-4-2-5-11-21)28-29-31(24-14-8-9-15-25(24)43-35(29)40)44-34-30(28)33-37-32(38-39(33)20-36-34)22-12-6-3-7-13-22/h2-18,20,28H,19H2,1H3. The number of hydrogen-bond acceptors (Lipinski definition) is 8. The summed E-state index contributed by atoms with van der Waals surface area (Å²) in [4.78, 5) is 23.3. The number of para-hydroxylation sites is 1. The minimum absolute atomic E-state index is 0.334. The maximum Gasteiger partial charge on any atom is 0.344 e. The molecule has 3 aromatic heterocycles. The number of ether oxygens (including phenoxy) is 3. The zero-order valence-corrected chi connectivity index (χ0v) is 23.5. The number of benzene rings is 4. The second kappa shape index (κ2) is 10.4. The molecule has 8 rings (SSSR count). The van der Waals surface area contributed by atoms with Crippen LogP contribution in [-0.4, -0.2) is 26.7 Å². The Bertz CT molecular complexity index is 2230. The lowest BCUT2D eigenvalue weighted by atomic mass is 9.84. The van der Waals surface area contributed by atoms with Gasteiger partial charge in [-0.05, 0) is 35.4 Å². The minimum Gasteiger partial charge on any atom is -0.493 e. The van der Waals surface area contributed by atoms with Gasteiger partial charge in [0.25, 0.3) is 0 Å². The Morgan fingerprint density at radius 2 is 1.64 bits per heavy atom. The summed E-state index contributed by atoms with van der Waals surface area (Å²) in [6.07, 6.45) is 1.57. The number of hydrogen-bond donors (Lipinski definition) is 0. The first-order valence-electron chi connectivity index (χ1n) is 14.1.